The second kappa shape index (κ2) is 27.0. The van der Waals surface area contributed by atoms with Crippen molar-refractivity contribution >= 4 is 61.0 Å². The Balaban J connectivity index is 0.000000727. The van der Waals surface area contributed by atoms with Crippen LogP contribution in [0.2, 0.25) is 0 Å². The van der Waals surface area contributed by atoms with Crippen molar-refractivity contribution in [2.75, 3.05) is 10.7 Å². The van der Waals surface area contributed by atoms with Gasteiger partial charge in [-0.25, -0.2) is 0 Å². The molecule has 6 nitrogen and oxygen atoms in total. The molecular formula is C39H60Br2O6. The van der Waals surface area contributed by atoms with E-state index < -0.39 is 5.97 Å². The van der Waals surface area contributed by atoms with E-state index in [2.05, 4.69) is 31.9 Å². The number of carboxylic acids is 1. The number of hydrogen-bond acceptors (Lipinski definition) is 5. The summed E-state index contributed by atoms with van der Waals surface area (Å²) in [5.41, 5.74) is 4.37. The monoisotopic (exact) mass is 782 g/mol. The van der Waals surface area contributed by atoms with E-state index in [0.29, 0.717) is 39.9 Å². The molecule has 2 aliphatic rings. The molecule has 0 amide bonds. The number of Topliss-reactive ketones (excluding diaryl/α,β-unsaturated/α-hetero) is 3. The zero-order valence-corrected chi connectivity index (χ0v) is 33.1. The third-order valence-corrected chi connectivity index (χ3v) is 10.00. The number of alkyl halides is 2. The molecule has 0 radical (unpaired) electrons. The fourth-order valence-electron chi connectivity index (χ4n) is 5.37. The summed E-state index contributed by atoms with van der Waals surface area (Å²) in [6.07, 6.45) is 22.0. The van der Waals surface area contributed by atoms with E-state index in [4.69, 9.17) is 5.11 Å². The molecule has 0 aromatic heterocycles. The molecule has 0 heterocycles. The molecule has 2 aliphatic carbocycles. The average molecular weight is 785 g/mol. The van der Waals surface area contributed by atoms with Gasteiger partial charge in [-0.1, -0.05) is 109 Å². The number of ketones is 4. The van der Waals surface area contributed by atoms with Gasteiger partial charge in [-0.15, -0.1) is 0 Å². The van der Waals surface area contributed by atoms with Gasteiger partial charge in [0.25, 0.3) is 0 Å². The molecule has 0 aromatic rings. The third-order valence-electron chi connectivity index (χ3n) is 8.87. The highest BCUT2D eigenvalue weighted by Gasteiger charge is 2.27. The quantitative estimate of drug-likeness (QED) is 0.0749. The molecule has 2 rings (SSSR count). The van der Waals surface area contributed by atoms with Crippen molar-refractivity contribution in [2.24, 2.45) is 0 Å². The zero-order chi connectivity index (χ0) is 35.8. The maximum absolute atomic E-state index is 12.3. The summed E-state index contributed by atoms with van der Waals surface area (Å²) in [4.78, 5) is 56.8. The maximum atomic E-state index is 12.3. The molecule has 0 aromatic carbocycles. The van der Waals surface area contributed by atoms with E-state index in [1.165, 1.54) is 83.1 Å². The number of carbonyl (C=O) groups is 5. The molecule has 8 heteroatoms. The largest absolute Gasteiger partial charge is 0.481 e. The van der Waals surface area contributed by atoms with Gasteiger partial charge in [0.15, 0.2) is 23.1 Å². The summed E-state index contributed by atoms with van der Waals surface area (Å²) in [5.74, 6) is -0.577. The number of halogens is 2. The molecule has 0 spiro atoms. The highest BCUT2D eigenvalue weighted by Crippen LogP contribution is 2.27. The highest BCUT2D eigenvalue weighted by molar-refractivity contribution is 9.09. The van der Waals surface area contributed by atoms with E-state index in [0.717, 1.165) is 48.3 Å². The Morgan fingerprint density at radius 1 is 0.511 bits per heavy atom. The highest BCUT2D eigenvalue weighted by atomic mass is 79.9. The topological polar surface area (TPSA) is 106 Å². The summed E-state index contributed by atoms with van der Waals surface area (Å²) in [7, 11) is 0. The van der Waals surface area contributed by atoms with Gasteiger partial charge in [0.1, 0.15) is 0 Å². The van der Waals surface area contributed by atoms with E-state index in [-0.39, 0.29) is 23.1 Å². The number of aliphatic carboxylic acids is 1. The lowest BCUT2D eigenvalue weighted by molar-refractivity contribution is -0.137. The van der Waals surface area contributed by atoms with Crippen LogP contribution in [0.1, 0.15) is 157 Å². The smallest absolute Gasteiger partial charge is 0.303 e. The van der Waals surface area contributed by atoms with Crippen molar-refractivity contribution in [2.45, 2.75) is 157 Å². The van der Waals surface area contributed by atoms with Crippen LogP contribution in [-0.4, -0.2) is 44.9 Å². The molecule has 0 saturated carbocycles. The van der Waals surface area contributed by atoms with Gasteiger partial charge >= 0.3 is 5.97 Å². The number of carboxylic acid groups (broad SMARTS) is 1. The molecule has 1 N–H and O–H groups in total. The molecule has 0 aliphatic heterocycles. The first-order valence-electron chi connectivity index (χ1n) is 17.6. The minimum Gasteiger partial charge on any atom is -0.481 e. The fraction of sp³-hybridized carbons (Fsp3) is 0.667. The van der Waals surface area contributed by atoms with Gasteiger partial charge in [0, 0.05) is 56.1 Å². The van der Waals surface area contributed by atoms with Gasteiger partial charge in [0.2, 0.25) is 0 Å². The summed E-state index contributed by atoms with van der Waals surface area (Å²) in [6, 6.07) is 0. The first kappa shape index (κ1) is 45.1. The van der Waals surface area contributed by atoms with Crippen molar-refractivity contribution in [1.82, 2.24) is 0 Å². The van der Waals surface area contributed by atoms with E-state index in [9.17, 15) is 24.0 Å². The molecule has 266 valence electrons. The molecule has 0 saturated heterocycles. The third kappa shape index (κ3) is 19.0. The van der Waals surface area contributed by atoms with Crippen LogP contribution >= 0.6 is 31.9 Å². The maximum Gasteiger partial charge on any atom is 0.303 e. The normalized spacial score (nSPS) is 15.0. The Kier molecular flexibility index (Phi) is 25.8. The fourth-order valence-corrected chi connectivity index (χ4v) is 6.16. The van der Waals surface area contributed by atoms with Gasteiger partial charge in [-0.2, -0.15) is 0 Å². The first-order chi connectivity index (χ1) is 22.3. The average Bonchev–Trinajstić information content (AvgIpc) is 3.05. The number of hydrogen-bond donors (Lipinski definition) is 1. The molecular weight excluding hydrogens is 724 g/mol. The van der Waals surface area contributed by atoms with Crippen LogP contribution in [0.4, 0.5) is 0 Å². The summed E-state index contributed by atoms with van der Waals surface area (Å²) >= 11 is 6.86. The van der Waals surface area contributed by atoms with Crippen LogP contribution in [0.15, 0.2) is 45.1 Å². The second-order valence-corrected chi connectivity index (χ2v) is 14.3. The van der Waals surface area contributed by atoms with Crippen molar-refractivity contribution in [3.05, 3.63) is 45.1 Å². The predicted octanol–water partition coefficient (Wildman–Crippen LogP) is 11.1. The first-order valence-corrected chi connectivity index (χ1v) is 19.8. The molecule has 0 unspecified atom stereocenters. The van der Waals surface area contributed by atoms with Gasteiger partial charge < -0.3 is 5.11 Å². The second-order valence-electron chi connectivity index (χ2n) is 12.7. The predicted molar refractivity (Wildman–Crippen MR) is 202 cm³/mol. The lowest BCUT2D eigenvalue weighted by atomic mass is 9.84. The standard InChI is InChI=1S/C19H29BrO2.C11H21BrO2.C9H10O2/c1-14-15(2)19(22)17(16(3)18(14)21)12-10-8-6-4-5-7-9-11-13-20;12-10-8-6-4-2-1-3-5-7-9-11(13)14;1-5-4-8(10)6(2)7(3)9(5)11/h4-13H2,1-3H3;1-10H2,(H,13,14);4H,1-3H3. The summed E-state index contributed by atoms with van der Waals surface area (Å²) < 4.78 is 0. The minimum atomic E-state index is -0.665. The Hall–Kier alpha value is -1.93. The van der Waals surface area contributed by atoms with Gasteiger partial charge in [-0.05, 0) is 79.7 Å². The van der Waals surface area contributed by atoms with Crippen molar-refractivity contribution < 1.29 is 29.1 Å². The SMILES string of the molecule is CC1=C(C)C(=O)C(CCCCCCCCCCBr)=C(C)C1=O.CC1=CC(=O)C(C)=C(C)C1=O.O=C(O)CCCCCCCCCCBr. The van der Waals surface area contributed by atoms with Gasteiger partial charge in [0.05, 0.1) is 0 Å². The number of rotatable bonds is 20. The molecule has 0 atom stereocenters. The Bertz CT molecular complexity index is 1170. The Labute approximate surface area is 301 Å². The Morgan fingerprint density at radius 3 is 1.34 bits per heavy atom. The van der Waals surface area contributed by atoms with E-state index >= 15 is 0 Å². The minimum absolute atomic E-state index is 0.0119. The lowest BCUT2D eigenvalue weighted by Crippen LogP contribution is -2.20. The van der Waals surface area contributed by atoms with Crippen LogP contribution in [0.3, 0.4) is 0 Å². The van der Waals surface area contributed by atoms with Crippen LogP contribution in [0, 0.1) is 0 Å². The van der Waals surface area contributed by atoms with Crippen molar-refractivity contribution in [3.63, 3.8) is 0 Å². The number of unbranched alkanes of at least 4 members (excludes halogenated alkanes) is 14. The Morgan fingerprint density at radius 2 is 0.894 bits per heavy atom. The van der Waals surface area contributed by atoms with Crippen LogP contribution in [0.25, 0.3) is 0 Å². The van der Waals surface area contributed by atoms with Crippen molar-refractivity contribution in [3.8, 4) is 0 Å². The van der Waals surface area contributed by atoms with E-state index in [1.54, 1.807) is 41.5 Å². The molecule has 0 bridgehead atoms. The summed E-state index contributed by atoms with van der Waals surface area (Å²) in [5, 5.41) is 10.6. The number of carbonyl (C=O) groups excluding carboxylic acids is 4. The van der Waals surface area contributed by atoms with Crippen molar-refractivity contribution in [1.29, 1.82) is 0 Å². The van der Waals surface area contributed by atoms with Crippen LogP contribution in [-0.2, 0) is 24.0 Å². The van der Waals surface area contributed by atoms with Gasteiger partial charge in [-0.3, -0.25) is 24.0 Å². The molecule has 0 fully saturated rings. The van der Waals surface area contributed by atoms with E-state index in [1.807, 2.05) is 0 Å². The number of allylic oxidation sites excluding steroid dienone is 8. The zero-order valence-electron chi connectivity index (χ0n) is 30.0. The van der Waals surface area contributed by atoms with Crippen LogP contribution in [0.5, 0.6) is 0 Å². The summed E-state index contributed by atoms with van der Waals surface area (Å²) in [6.45, 7) is 10.4. The molecule has 47 heavy (non-hydrogen) atoms. The lowest BCUT2D eigenvalue weighted by Gasteiger charge is -2.18. The van der Waals surface area contributed by atoms with Crippen LogP contribution < -0.4 is 0 Å².